The monoisotopic (exact) mass is 708 g/mol. The van der Waals surface area contributed by atoms with Crippen molar-refractivity contribution in [1.29, 1.82) is 0 Å². The van der Waals surface area contributed by atoms with Crippen molar-refractivity contribution in [2.24, 2.45) is 0 Å². The fourth-order valence-electron chi connectivity index (χ4n) is 6.21. The summed E-state index contributed by atoms with van der Waals surface area (Å²) >= 11 is 0. The van der Waals surface area contributed by atoms with Gasteiger partial charge in [-0.05, 0) is 93.7 Å². The SMILES string of the molecule is CC(C)(c1ccc(OOCc2cc(Cc3ccccc3)ccc2COO)cc1)c1ccc(OC(=O)c2cc(Cc3ccccc3)ccc2C(=O)O)cc1. The van der Waals surface area contributed by atoms with Gasteiger partial charge in [-0.25, -0.2) is 14.5 Å². The molecule has 0 aliphatic heterocycles. The van der Waals surface area contributed by atoms with Crippen LogP contribution in [0.2, 0.25) is 0 Å². The molecule has 0 aliphatic carbocycles. The molecule has 0 fully saturated rings. The second-order valence-corrected chi connectivity index (χ2v) is 13.3. The highest BCUT2D eigenvalue weighted by molar-refractivity contribution is 6.03. The van der Waals surface area contributed by atoms with Crippen LogP contribution in [0.3, 0.4) is 0 Å². The minimum Gasteiger partial charge on any atom is -0.478 e. The number of aromatic carboxylic acids is 1. The van der Waals surface area contributed by atoms with Crippen LogP contribution in [0.15, 0.2) is 146 Å². The molecule has 2 N–H and O–H groups in total. The Morgan fingerprint density at radius 2 is 1.11 bits per heavy atom. The fraction of sp³-hybridized carbons (Fsp3) is 0.156. The maximum Gasteiger partial charge on any atom is 0.344 e. The summed E-state index contributed by atoms with van der Waals surface area (Å²) in [6.45, 7) is 4.37. The molecule has 53 heavy (non-hydrogen) atoms. The van der Waals surface area contributed by atoms with Crippen molar-refractivity contribution < 1.29 is 39.4 Å². The van der Waals surface area contributed by atoms with Crippen molar-refractivity contribution in [2.75, 3.05) is 0 Å². The Bertz CT molecular complexity index is 2140. The lowest BCUT2D eigenvalue weighted by Crippen LogP contribution is -2.19. The predicted molar refractivity (Wildman–Crippen MR) is 201 cm³/mol. The maximum absolute atomic E-state index is 13.2. The zero-order chi connectivity index (χ0) is 37.2. The Kier molecular flexibility index (Phi) is 11.8. The molecule has 0 heterocycles. The standard InChI is InChI=1S/C45H40O8/c1-45(2,37-16-20-39(21-17-37)52-44(48)42-28-34(14-24-41(42)43(46)47)26-32-11-7-4-8-12-32)38-18-22-40(23-19-38)53-51-30-36-27-33(13-15-35(36)29-50-49)25-31-9-5-3-6-10-31/h3-24,27-28,49H,25-26,29-30H2,1-2H3,(H,46,47). The van der Waals surface area contributed by atoms with Crippen LogP contribution in [0, 0.1) is 0 Å². The highest BCUT2D eigenvalue weighted by Gasteiger charge is 2.24. The molecule has 0 saturated heterocycles. The molecule has 268 valence electrons. The summed E-state index contributed by atoms with van der Waals surface area (Å²) in [6, 6.07) is 45.4. The topological polar surface area (TPSA) is 112 Å². The molecule has 6 aromatic carbocycles. The molecule has 6 rings (SSSR count). The summed E-state index contributed by atoms with van der Waals surface area (Å²) in [5.74, 6) is -1.10. The van der Waals surface area contributed by atoms with Crippen molar-refractivity contribution in [3.63, 3.8) is 0 Å². The number of benzene rings is 6. The second kappa shape index (κ2) is 17.0. The summed E-state index contributed by atoms with van der Waals surface area (Å²) in [6.07, 6.45) is 1.31. The summed E-state index contributed by atoms with van der Waals surface area (Å²) in [7, 11) is 0. The Hall–Kier alpha value is -6.06. The number of ether oxygens (including phenoxy) is 1. The number of hydrogen-bond acceptors (Lipinski definition) is 7. The van der Waals surface area contributed by atoms with E-state index >= 15 is 0 Å². The van der Waals surface area contributed by atoms with Gasteiger partial charge in [0, 0.05) is 5.41 Å². The summed E-state index contributed by atoms with van der Waals surface area (Å²) in [4.78, 5) is 40.8. The molecule has 8 nitrogen and oxygen atoms in total. The van der Waals surface area contributed by atoms with Crippen LogP contribution in [0.25, 0.3) is 0 Å². The summed E-state index contributed by atoms with van der Waals surface area (Å²) in [5.41, 5.74) is 7.25. The van der Waals surface area contributed by atoms with Crippen LogP contribution >= 0.6 is 0 Å². The molecule has 0 amide bonds. The van der Waals surface area contributed by atoms with Crippen molar-refractivity contribution in [1.82, 2.24) is 0 Å². The minimum atomic E-state index is -1.20. The van der Waals surface area contributed by atoms with E-state index in [1.54, 1.807) is 24.3 Å². The lowest BCUT2D eigenvalue weighted by molar-refractivity contribution is -0.253. The lowest BCUT2D eigenvalue weighted by atomic mass is 9.78. The molecule has 0 aliphatic rings. The average Bonchev–Trinajstić information content (AvgIpc) is 3.17. The summed E-state index contributed by atoms with van der Waals surface area (Å²) < 4.78 is 5.66. The van der Waals surface area contributed by atoms with E-state index in [0.717, 1.165) is 45.4 Å². The second-order valence-electron chi connectivity index (χ2n) is 13.3. The summed E-state index contributed by atoms with van der Waals surface area (Å²) in [5, 5.41) is 18.8. The van der Waals surface area contributed by atoms with Crippen molar-refractivity contribution in [2.45, 2.75) is 45.3 Å². The van der Waals surface area contributed by atoms with Gasteiger partial charge in [-0.15, -0.1) is 0 Å². The number of hydrogen-bond donors (Lipinski definition) is 2. The highest BCUT2D eigenvalue weighted by atomic mass is 17.2. The van der Waals surface area contributed by atoms with Gasteiger partial charge in [0.25, 0.3) is 0 Å². The smallest absolute Gasteiger partial charge is 0.344 e. The Balaban J connectivity index is 1.08. The van der Waals surface area contributed by atoms with Gasteiger partial charge in [0.05, 0.1) is 11.1 Å². The lowest BCUT2D eigenvalue weighted by Gasteiger charge is -2.26. The number of esters is 1. The van der Waals surface area contributed by atoms with Gasteiger partial charge >= 0.3 is 11.9 Å². The van der Waals surface area contributed by atoms with Crippen LogP contribution in [-0.2, 0) is 41.2 Å². The zero-order valence-corrected chi connectivity index (χ0v) is 29.5. The van der Waals surface area contributed by atoms with Crippen LogP contribution < -0.4 is 9.62 Å². The molecule has 0 saturated carbocycles. The molecule has 8 heteroatoms. The molecule has 0 atom stereocenters. The quantitative estimate of drug-likeness (QED) is 0.0470. The molecular formula is C45H40O8. The van der Waals surface area contributed by atoms with Crippen molar-refractivity contribution in [3.05, 3.63) is 201 Å². The van der Waals surface area contributed by atoms with Gasteiger partial charge in [0.2, 0.25) is 0 Å². The number of carboxylic acids is 1. The minimum absolute atomic E-state index is 0.00202. The molecule has 0 bridgehead atoms. The normalized spacial score (nSPS) is 11.2. The van der Waals surface area contributed by atoms with Gasteiger partial charge in [-0.2, -0.15) is 4.89 Å². The van der Waals surface area contributed by atoms with Gasteiger partial charge in [-0.3, -0.25) is 5.26 Å². The third kappa shape index (κ3) is 9.44. The van der Waals surface area contributed by atoms with Crippen LogP contribution in [0.5, 0.6) is 11.5 Å². The Labute approximate surface area is 308 Å². The number of carbonyl (C=O) groups is 2. The number of carbonyl (C=O) groups excluding carboxylic acids is 1. The van der Waals surface area contributed by atoms with E-state index in [-0.39, 0.29) is 24.3 Å². The van der Waals surface area contributed by atoms with Gasteiger partial charge in [0.1, 0.15) is 19.0 Å². The molecule has 0 aromatic heterocycles. The molecule has 6 aromatic rings. The molecule has 0 spiro atoms. The fourth-order valence-corrected chi connectivity index (χ4v) is 6.21. The predicted octanol–water partition coefficient (Wildman–Crippen LogP) is 9.61. The third-order valence-electron chi connectivity index (χ3n) is 9.26. The van der Waals surface area contributed by atoms with Crippen LogP contribution in [-0.4, -0.2) is 22.3 Å². The van der Waals surface area contributed by atoms with E-state index in [0.29, 0.717) is 17.9 Å². The largest absolute Gasteiger partial charge is 0.478 e. The van der Waals surface area contributed by atoms with Crippen LogP contribution in [0.1, 0.15) is 79.1 Å². The first-order valence-corrected chi connectivity index (χ1v) is 17.2. The average molecular weight is 709 g/mol. The first-order valence-electron chi connectivity index (χ1n) is 17.2. The van der Waals surface area contributed by atoms with Crippen molar-refractivity contribution >= 4 is 11.9 Å². The number of carboxylic acid groups (broad SMARTS) is 1. The Morgan fingerprint density at radius 1 is 0.566 bits per heavy atom. The van der Waals surface area contributed by atoms with E-state index in [1.807, 2.05) is 103 Å². The van der Waals surface area contributed by atoms with Gasteiger partial charge < -0.3 is 14.7 Å². The van der Waals surface area contributed by atoms with E-state index in [9.17, 15) is 14.7 Å². The Morgan fingerprint density at radius 3 is 1.68 bits per heavy atom. The number of rotatable bonds is 15. The molecule has 0 radical (unpaired) electrons. The molecular weight excluding hydrogens is 668 g/mol. The first kappa shape index (κ1) is 36.7. The van der Waals surface area contributed by atoms with Crippen molar-refractivity contribution in [3.8, 4) is 11.5 Å². The highest BCUT2D eigenvalue weighted by Crippen LogP contribution is 2.34. The van der Waals surface area contributed by atoms with Gasteiger partial charge in [0.15, 0.2) is 5.75 Å². The third-order valence-corrected chi connectivity index (χ3v) is 9.26. The van der Waals surface area contributed by atoms with E-state index < -0.39 is 17.4 Å². The van der Waals surface area contributed by atoms with E-state index in [2.05, 4.69) is 30.9 Å². The zero-order valence-electron chi connectivity index (χ0n) is 29.5. The molecule has 0 unspecified atom stereocenters. The first-order chi connectivity index (χ1) is 25.7. The van der Waals surface area contributed by atoms with E-state index in [4.69, 9.17) is 19.8 Å². The van der Waals surface area contributed by atoms with Gasteiger partial charge in [-0.1, -0.05) is 123 Å². The van der Waals surface area contributed by atoms with E-state index in [1.165, 1.54) is 11.6 Å². The van der Waals surface area contributed by atoms with Crippen LogP contribution in [0.4, 0.5) is 0 Å². The maximum atomic E-state index is 13.2.